The van der Waals surface area contributed by atoms with Gasteiger partial charge in [0.2, 0.25) is 0 Å². The maximum absolute atomic E-state index is 11.8. The highest BCUT2D eigenvalue weighted by Crippen LogP contribution is 2.29. The number of rotatable bonds is 5. The number of nitrogen functional groups attached to an aromatic ring is 1. The number of halogens is 1. The van der Waals surface area contributed by atoms with Gasteiger partial charge in [-0.1, -0.05) is 18.5 Å². The summed E-state index contributed by atoms with van der Waals surface area (Å²) < 4.78 is 5.66. The molecule has 0 aliphatic heterocycles. The lowest BCUT2D eigenvalue weighted by molar-refractivity contribution is 0.0953. The van der Waals surface area contributed by atoms with E-state index in [9.17, 15) is 4.79 Å². The lowest BCUT2D eigenvalue weighted by atomic mass is 10.2. The molecule has 110 valence electrons. The van der Waals surface area contributed by atoms with Gasteiger partial charge in [-0.3, -0.25) is 4.79 Å². The fraction of sp³-hybridized carbons (Fsp3) is 0.188. The van der Waals surface area contributed by atoms with E-state index in [-0.39, 0.29) is 5.91 Å². The molecule has 0 spiro atoms. The van der Waals surface area contributed by atoms with Gasteiger partial charge in [-0.2, -0.15) is 0 Å². The van der Waals surface area contributed by atoms with Crippen LogP contribution in [0.1, 0.15) is 23.7 Å². The minimum Gasteiger partial charge on any atom is -0.455 e. The third-order valence-corrected chi connectivity index (χ3v) is 3.09. The van der Waals surface area contributed by atoms with Crippen molar-refractivity contribution in [3.8, 4) is 11.5 Å². The Bertz CT molecular complexity index is 627. The molecule has 0 bridgehead atoms. The lowest BCUT2D eigenvalue weighted by Gasteiger charge is -2.09. The van der Waals surface area contributed by atoms with Crippen LogP contribution < -0.4 is 15.8 Å². The van der Waals surface area contributed by atoms with Gasteiger partial charge in [-0.15, -0.1) is 0 Å². The fourth-order valence-electron chi connectivity index (χ4n) is 1.75. The summed E-state index contributed by atoms with van der Waals surface area (Å²) in [6.07, 6.45) is 0.906. The minimum absolute atomic E-state index is 0.0885. The van der Waals surface area contributed by atoms with Gasteiger partial charge in [0.15, 0.2) is 0 Å². The Labute approximate surface area is 128 Å². The predicted octanol–water partition coefficient (Wildman–Crippen LogP) is 3.85. The molecule has 3 N–H and O–H groups in total. The second-order valence-corrected chi connectivity index (χ2v) is 5.00. The van der Waals surface area contributed by atoms with Gasteiger partial charge in [-0.25, -0.2) is 0 Å². The summed E-state index contributed by atoms with van der Waals surface area (Å²) in [4.78, 5) is 11.8. The molecule has 2 rings (SSSR count). The van der Waals surface area contributed by atoms with Crippen molar-refractivity contribution in [3.63, 3.8) is 0 Å². The van der Waals surface area contributed by atoms with Crippen LogP contribution in [0.25, 0.3) is 0 Å². The summed E-state index contributed by atoms with van der Waals surface area (Å²) in [5.41, 5.74) is 6.89. The first-order valence-electron chi connectivity index (χ1n) is 6.71. The number of nitrogens with one attached hydrogen (secondary N) is 1. The van der Waals surface area contributed by atoms with E-state index < -0.39 is 0 Å². The average Bonchev–Trinajstić information content (AvgIpc) is 2.48. The van der Waals surface area contributed by atoms with Gasteiger partial charge >= 0.3 is 0 Å². The molecule has 0 unspecified atom stereocenters. The highest BCUT2D eigenvalue weighted by Gasteiger charge is 2.06. The minimum atomic E-state index is -0.0885. The lowest BCUT2D eigenvalue weighted by Crippen LogP contribution is -2.23. The van der Waals surface area contributed by atoms with E-state index in [1.165, 1.54) is 0 Å². The molecule has 0 saturated heterocycles. The third kappa shape index (κ3) is 4.13. The zero-order valence-electron chi connectivity index (χ0n) is 11.7. The van der Waals surface area contributed by atoms with Gasteiger partial charge in [0.05, 0.1) is 5.69 Å². The monoisotopic (exact) mass is 304 g/mol. The predicted molar refractivity (Wildman–Crippen MR) is 85.0 cm³/mol. The molecule has 5 heteroatoms. The van der Waals surface area contributed by atoms with Gasteiger partial charge in [0.1, 0.15) is 11.5 Å². The van der Waals surface area contributed by atoms with Gasteiger partial charge in [0.25, 0.3) is 5.91 Å². The molecular weight excluding hydrogens is 288 g/mol. The van der Waals surface area contributed by atoms with Crippen LogP contribution in [0, 0.1) is 0 Å². The molecule has 0 radical (unpaired) electrons. The first-order chi connectivity index (χ1) is 10.1. The van der Waals surface area contributed by atoms with E-state index in [0.29, 0.717) is 34.3 Å². The standard InChI is InChI=1S/C16H17ClN2O2/c1-2-9-19-16(20)11-3-6-13(7-4-11)21-15-8-5-12(17)10-14(15)18/h3-8,10H,2,9,18H2,1H3,(H,19,20). The van der Waals surface area contributed by atoms with Crippen molar-refractivity contribution >= 4 is 23.2 Å². The molecule has 0 aromatic heterocycles. The van der Waals surface area contributed by atoms with Crippen molar-refractivity contribution in [2.24, 2.45) is 0 Å². The summed E-state index contributed by atoms with van der Waals surface area (Å²) >= 11 is 5.84. The van der Waals surface area contributed by atoms with Gasteiger partial charge in [0, 0.05) is 17.1 Å². The molecule has 1 amide bonds. The van der Waals surface area contributed by atoms with Crippen LogP contribution in [0.2, 0.25) is 5.02 Å². The number of benzene rings is 2. The molecule has 2 aromatic carbocycles. The number of hydrogen-bond acceptors (Lipinski definition) is 3. The van der Waals surface area contributed by atoms with Crippen LogP contribution >= 0.6 is 11.6 Å². The van der Waals surface area contributed by atoms with Crippen molar-refractivity contribution in [1.29, 1.82) is 0 Å². The summed E-state index contributed by atoms with van der Waals surface area (Å²) in [7, 11) is 0. The number of carbonyl (C=O) groups excluding carboxylic acids is 1. The molecule has 2 aromatic rings. The Morgan fingerprint density at radius 1 is 1.24 bits per heavy atom. The summed E-state index contributed by atoms with van der Waals surface area (Å²) in [5, 5.41) is 3.38. The summed E-state index contributed by atoms with van der Waals surface area (Å²) in [6.45, 7) is 2.67. The summed E-state index contributed by atoms with van der Waals surface area (Å²) in [5.74, 6) is 1.05. The molecule has 4 nitrogen and oxygen atoms in total. The SMILES string of the molecule is CCCNC(=O)c1ccc(Oc2ccc(Cl)cc2N)cc1. The highest BCUT2D eigenvalue weighted by atomic mass is 35.5. The molecule has 0 atom stereocenters. The Kier molecular flexibility index (Phi) is 5.06. The Balaban J connectivity index is 2.07. The number of carbonyl (C=O) groups is 1. The summed E-state index contributed by atoms with van der Waals surface area (Å²) in [6, 6.07) is 11.9. The van der Waals surface area contributed by atoms with E-state index in [1.807, 2.05) is 6.92 Å². The normalized spacial score (nSPS) is 10.2. The Morgan fingerprint density at radius 2 is 1.95 bits per heavy atom. The molecule has 0 saturated carbocycles. The first kappa shape index (κ1) is 15.2. The average molecular weight is 305 g/mol. The second kappa shape index (κ2) is 6.99. The Hall–Kier alpha value is -2.20. The van der Waals surface area contributed by atoms with E-state index in [2.05, 4.69) is 5.32 Å². The topological polar surface area (TPSA) is 64.3 Å². The number of nitrogens with two attached hydrogens (primary N) is 1. The van der Waals surface area contributed by atoms with Crippen LogP contribution in [0.4, 0.5) is 5.69 Å². The van der Waals surface area contributed by atoms with Crippen molar-refractivity contribution in [2.45, 2.75) is 13.3 Å². The van der Waals surface area contributed by atoms with Crippen LogP contribution in [-0.2, 0) is 0 Å². The maximum atomic E-state index is 11.8. The third-order valence-electron chi connectivity index (χ3n) is 2.85. The van der Waals surface area contributed by atoms with Crippen LogP contribution in [0.5, 0.6) is 11.5 Å². The van der Waals surface area contributed by atoms with E-state index in [0.717, 1.165) is 6.42 Å². The van der Waals surface area contributed by atoms with Crippen LogP contribution in [0.3, 0.4) is 0 Å². The van der Waals surface area contributed by atoms with Gasteiger partial charge in [-0.05, 0) is 48.9 Å². The first-order valence-corrected chi connectivity index (χ1v) is 7.09. The smallest absolute Gasteiger partial charge is 0.251 e. The molecule has 0 heterocycles. The number of hydrogen-bond donors (Lipinski definition) is 2. The number of anilines is 1. The molecule has 0 aliphatic rings. The zero-order chi connectivity index (χ0) is 15.2. The van der Waals surface area contributed by atoms with E-state index in [4.69, 9.17) is 22.1 Å². The fourth-order valence-corrected chi connectivity index (χ4v) is 1.93. The molecule has 0 fully saturated rings. The largest absolute Gasteiger partial charge is 0.455 e. The maximum Gasteiger partial charge on any atom is 0.251 e. The van der Waals surface area contributed by atoms with Crippen molar-refractivity contribution in [3.05, 3.63) is 53.1 Å². The van der Waals surface area contributed by atoms with Crippen LogP contribution in [0.15, 0.2) is 42.5 Å². The number of ether oxygens (including phenoxy) is 1. The second-order valence-electron chi connectivity index (χ2n) is 4.56. The Morgan fingerprint density at radius 3 is 2.57 bits per heavy atom. The van der Waals surface area contributed by atoms with Crippen molar-refractivity contribution < 1.29 is 9.53 Å². The molecule has 21 heavy (non-hydrogen) atoms. The van der Waals surface area contributed by atoms with E-state index >= 15 is 0 Å². The molecule has 0 aliphatic carbocycles. The van der Waals surface area contributed by atoms with Gasteiger partial charge < -0.3 is 15.8 Å². The van der Waals surface area contributed by atoms with Crippen molar-refractivity contribution in [1.82, 2.24) is 5.32 Å². The number of amides is 1. The zero-order valence-corrected chi connectivity index (χ0v) is 12.5. The van der Waals surface area contributed by atoms with E-state index in [1.54, 1.807) is 42.5 Å². The highest BCUT2D eigenvalue weighted by molar-refractivity contribution is 6.30. The molecular formula is C16H17ClN2O2. The van der Waals surface area contributed by atoms with Crippen LogP contribution in [-0.4, -0.2) is 12.5 Å². The van der Waals surface area contributed by atoms with Crippen molar-refractivity contribution in [2.75, 3.05) is 12.3 Å². The quantitative estimate of drug-likeness (QED) is 0.825.